The highest BCUT2D eigenvalue weighted by Gasteiger charge is 2.34. The first kappa shape index (κ1) is 17.2. The molecule has 2 aromatic carbocycles. The maximum atomic E-state index is 4.77. The summed E-state index contributed by atoms with van der Waals surface area (Å²) in [5.41, 5.74) is 5.04. The average Bonchev–Trinajstić information content (AvgIpc) is 3.34. The van der Waals surface area contributed by atoms with Crippen LogP contribution >= 0.6 is 23.1 Å². The number of hydrogen-bond acceptors (Lipinski definition) is 5. The molecule has 0 radical (unpaired) electrons. The molecule has 0 N–H and O–H groups in total. The highest BCUT2D eigenvalue weighted by atomic mass is 32.2. The van der Waals surface area contributed by atoms with Gasteiger partial charge in [-0.15, -0.1) is 33.3 Å². The Morgan fingerprint density at radius 1 is 0.931 bits per heavy atom. The third-order valence-electron chi connectivity index (χ3n) is 5.60. The first-order valence-electron chi connectivity index (χ1n) is 9.66. The zero-order chi connectivity index (χ0) is 19.4. The summed E-state index contributed by atoms with van der Waals surface area (Å²) in [4.78, 5) is 7.23. The summed E-state index contributed by atoms with van der Waals surface area (Å²) in [6.45, 7) is 1.97. The third kappa shape index (κ3) is 2.70. The number of thioether (sulfide) groups is 1. The highest BCUT2D eigenvalue weighted by Crippen LogP contribution is 2.55. The number of rotatable bonds is 2. The molecule has 0 saturated heterocycles. The van der Waals surface area contributed by atoms with E-state index in [1.807, 2.05) is 40.8 Å². The van der Waals surface area contributed by atoms with E-state index in [4.69, 9.17) is 4.98 Å². The molecule has 6 heteroatoms. The van der Waals surface area contributed by atoms with Crippen molar-refractivity contribution in [1.82, 2.24) is 19.6 Å². The van der Waals surface area contributed by atoms with Crippen LogP contribution in [0.5, 0.6) is 0 Å². The van der Waals surface area contributed by atoms with Crippen molar-refractivity contribution in [3.8, 4) is 0 Å². The molecule has 1 aliphatic rings. The molecule has 0 aliphatic carbocycles. The van der Waals surface area contributed by atoms with Gasteiger partial charge in [-0.3, -0.25) is 4.40 Å². The first-order valence-corrected chi connectivity index (χ1v) is 11.4. The second-order valence-corrected chi connectivity index (χ2v) is 9.68. The molecule has 4 nitrogen and oxygen atoms in total. The van der Waals surface area contributed by atoms with Crippen LogP contribution in [-0.4, -0.2) is 19.6 Å². The van der Waals surface area contributed by atoms with Gasteiger partial charge in [0.2, 0.25) is 0 Å². The SMILES string of the molecule is Cc1nnc2c3c4c(sc3ncn12)[C@@H](c1ccccc1)S[C@@H](c1ccccc1)C4. The molecule has 0 bridgehead atoms. The monoisotopic (exact) mass is 414 g/mol. The Morgan fingerprint density at radius 3 is 2.41 bits per heavy atom. The minimum absolute atomic E-state index is 0.299. The van der Waals surface area contributed by atoms with Crippen LogP contribution in [0.3, 0.4) is 0 Å². The fourth-order valence-electron chi connectivity index (χ4n) is 4.17. The largest absolute Gasteiger partial charge is 0.269 e. The summed E-state index contributed by atoms with van der Waals surface area (Å²) in [5, 5.41) is 10.7. The molecule has 4 heterocycles. The minimum atomic E-state index is 0.299. The fraction of sp³-hybridized carbons (Fsp3) is 0.174. The van der Waals surface area contributed by atoms with E-state index in [9.17, 15) is 0 Å². The molecule has 1 aliphatic heterocycles. The topological polar surface area (TPSA) is 43.1 Å². The van der Waals surface area contributed by atoms with Crippen LogP contribution in [0.4, 0.5) is 0 Å². The van der Waals surface area contributed by atoms with Gasteiger partial charge in [0.15, 0.2) is 5.65 Å². The van der Waals surface area contributed by atoms with E-state index in [1.54, 1.807) is 0 Å². The lowest BCUT2D eigenvalue weighted by molar-refractivity contribution is 0.894. The molecule has 0 unspecified atom stereocenters. The van der Waals surface area contributed by atoms with Crippen molar-refractivity contribution in [2.24, 2.45) is 0 Å². The third-order valence-corrected chi connectivity index (χ3v) is 8.50. The Hall–Kier alpha value is -2.70. The standard InChI is InChI=1S/C23H18N4S2/c1-14-25-26-22-19-17-12-18(15-8-4-2-5-9-15)28-20(16-10-6-3-7-11-16)21(17)29-23(19)24-13-27(14)22/h2-11,13,18,20H,12H2,1H3/t18-,20-/m1/s1. The summed E-state index contributed by atoms with van der Waals surface area (Å²) >= 11 is 3.86. The lowest BCUT2D eigenvalue weighted by Gasteiger charge is -2.30. The van der Waals surface area contributed by atoms with Crippen molar-refractivity contribution in [2.75, 3.05) is 0 Å². The second-order valence-electron chi connectivity index (χ2n) is 7.34. The molecular weight excluding hydrogens is 396 g/mol. The van der Waals surface area contributed by atoms with Crippen molar-refractivity contribution in [3.05, 3.63) is 94.4 Å². The highest BCUT2D eigenvalue weighted by molar-refractivity contribution is 8.00. The van der Waals surface area contributed by atoms with Gasteiger partial charge in [-0.2, -0.15) is 0 Å². The average molecular weight is 415 g/mol. The molecule has 3 aromatic heterocycles. The molecule has 2 atom stereocenters. The van der Waals surface area contributed by atoms with Gasteiger partial charge in [0.1, 0.15) is 17.0 Å². The normalized spacial score (nSPS) is 18.9. The smallest absolute Gasteiger partial charge is 0.172 e. The molecule has 5 aromatic rings. The molecule has 6 rings (SSSR count). The molecular formula is C23H18N4S2. The minimum Gasteiger partial charge on any atom is -0.269 e. The Bertz CT molecular complexity index is 1330. The van der Waals surface area contributed by atoms with E-state index in [0.29, 0.717) is 10.5 Å². The zero-order valence-corrected chi connectivity index (χ0v) is 17.5. The number of fused-ring (bicyclic) bond motifs is 5. The van der Waals surface area contributed by atoms with E-state index in [1.165, 1.54) is 27.0 Å². The number of thiophene rings is 1. The van der Waals surface area contributed by atoms with Crippen LogP contribution < -0.4 is 0 Å². The molecule has 142 valence electrons. The van der Waals surface area contributed by atoms with E-state index in [2.05, 4.69) is 70.9 Å². The van der Waals surface area contributed by atoms with E-state index >= 15 is 0 Å². The van der Waals surface area contributed by atoms with Gasteiger partial charge in [-0.05, 0) is 30.0 Å². The number of benzene rings is 2. The summed E-state index contributed by atoms with van der Waals surface area (Å²) in [5.74, 6) is 0.874. The summed E-state index contributed by atoms with van der Waals surface area (Å²) in [6, 6.07) is 21.7. The quantitative estimate of drug-likeness (QED) is 0.368. The van der Waals surface area contributed by atoms with Gasteiger partial charge in [-0.1, -0.05) is 60.7 Å². The molecule has 0 saturated carbocycles. The number of hydrogen-bond donors (Lipinski definition) is 0. The number of aryl methyl sites for hydroxylation is 1. The van der Waals surface area contributed by atoms with Gasteiger partial charge < -0.3 is 0 Å². The maximum Gasteiger partial charge on any atom is 0.172 e. The van der Waals surface area contributed by atoms with Crippen LogP contribution in [-0.2, 0) is 6.42 Å². The molecule has 0 fully saturated rings. The summed E-state index contributed by atoms with van der Waals surface area (Å²) < 4.78 is 2.01. The van der Waals surface area contributed by atoms with Crippen LogP contribution in [0, 0.1) is 6.92 Å². The van der Waals surface area contributed by atoms with Crippen LogP contribution in [0.15, 0.2) is 67.0 Å². The molecule has 29 heavy (non-hydrogen) atoms. The predicted molar refractivity (Wildman–Crippen MR) is 120 cm³/mol. The number of nitrogens with zero attached hydrogens (tertiary/aromatic N) is 4. The fourth-order valence-corrected chi connectivity index (χ4v) is 7.15. The molecule has 0 amide bonds. The Balaban J connectivity index is 1.61. The lowest BCUT2D eigenvalue weighted by atomic mass is 9.98. The van der Waals surface area contributed by atoms with E-state index in [0.717, 1.165) is 22.7 Å². The van der Waals surface area contributed by atoms with Crippen molar-refractivity contribution in [1.29, 1.82) is 0 Å². The van der Waals surface area contributed by atoms with Gasteiger partial charge >= 0.3 is 0 Å². The summed E-state index contributed by atoms with van der Waals surface area (Å²) in [7, 11) is 0. The first-order chi connectivity index (χ1) is 14.3. The van der Waals surface area contributed by atoms with Crippen LogP contribution in [0.1, 0.15) is 37.9 Å². The molecule has 0 spiro atoms. The van der Waals surface area contributed by atoms with Crippen molar-refractivity contribution in [3.63, 3.8) is 0 Å². The lowest BCUT2D eigenvalue weighted by Crippen LogP contribution is -2.11. The number of aromatic nitrogens is 4. The van der Waals surface area contributed by atoms with Gasteiger partial charge in [-0.25, -0.2) is 4.98 Å². The Morgan fingerprint density at radius 2 is 1.66 bits per heavy atom. The van der Waals surface area contributed by atoms with Crippen molar-refractivity contribution >= 4 is 39.0 Å². The maximum absolute atomic E-state index is 4.77. The second kappa shape index (κ2) is 6.68. The van der Waals surface area contributed by atoms with Crippen LogP contribution in [0.25, 0.3) is 15.9 Å². The Labute approximate surface area is 176 Å². The van der Waals surface area contributed by atoms with Gasteiger partial charge in [0.25, 0.3) is 0 Å². The van der Waals surface area contributed by atoms with E-state index < -0.39 is 0 Å². The van der Waals surface area contributed by atoms with E-state index in [-0.39, 0.29) is 0 Å². The van der Waals surface area contributed by atoms with Gasteiger partial charge in [0.05, 0.1) is 10.6 Å². The predicted octanol–water partition coefficient (Wildman–Crippen LogP) is 5.77. The summed E-state index contributed by atoms with van der Waals surface area (Å²) in [6.07, 6.45) is 2.84. The van der Waals surface area contributed by atoms with Gasteiger partial charge in [0, 0.05) is 10.1 Å². The zero-order valence-electron chi connectivity index (χ0n) is 15.8. The van der Waals surface area contributed by atoms with Crippen molar-refractivity contribution < 1.29 is 0 Å². The Kier molecular flexibility index (Phi) is 3.96. The van der Waals surface area contributed by atoms with Crippen LogP contribution in [0.2, 0.25) is 0 Å². The van der Waals surface area contributed by atoms with Crippen molar-refractivity contribution in [2.45, 2.75) is 23.8 Å².